The van der Waals surface area contributed by atoms with Gasteiger partial charge in [-0.1, -0.05) is 46.1 Å². The van der Waals surface area contributed by atoms with Crippen LogP contribution in [0.5, 0.6) is 0 Å². The minimum Gasteiger partial charge on any atom is -0.294 e. The third-order valence-corrected chi connectivity index (χ3v) is 3.60. The summed E-state index contributed by atoms with van der Waals surface area (Å²) in [6.07, 6.45) is 11.2. The van der Waals surface area contributed by atoms with Gasteiger partial charge in [-0.25, -0.2) is 0 Å². The van der Waals surface area contributed by atoms with Crippen LogP contribution in [0.2, 0.25) is 0 Å². The molecule has 0 amide bonds. The van der Waals surface area contributed by atoms with Crippen molar-refractivity contribution in [3.8, 4) is 0 Å². The lowest BCUT2D eigenvalue weighted by molar-refractivity contribution is -0.114. The molecule has 0 aromatic rings. The average molecular weight is 234 g/mol. The highest BCUT2D eigenvalue weighted by Gasteiger charge is 2.24. The van der Waals surface area contributed by atoms with Crippen molar-refractivity contribution in [2.24, 2.45) is 0 Å². The van der Waals surface area contributed by atoms with Gasteiger partial charge in [0, 0.05) is 6.42 Å². The fraction of sp³-hybridized carbons (Fsp3) is 0.688. The van der Waals surface area contributed by atoms with E-state index in [0.29, 0.717) is 12.2 Å². The second-order valence-corrected chi connectivity index (χ2v) is 4.84. The molecular weight excluding hydrogens is 208 g/mol. The first kappa shape index (κ1) is 14.2. The van der Waals surface area contributed by atoms with Crippen molar-refractivity contribution >= 4 is 5.78 Å². The van der Waals surface area contributed by atoms with Crippen LogP contribution in [-0.2, 0) is 4.79 Å². The molecule has 0 N–H and O–H groups in total. The van der Waals surface area contributed by atoms with E-state index < -0.39 is 0 Å². The number of carbonyl (C=O) groups is 1. The fourth-order valence-corrected chi connectivity index (χ4v) is 2.64. The van der Waals surface area contributed by atoms with Gasteiger partial charge in [-0.2, -0.15) is 0 Å². The zero-order chi connectivity index (χ0) is 12.7. The van der Waals surface area contributed by atoms with E-state index in [1.165, 1.54) is 36.8 Å². The molecule has 0 saturated heterocycles. The third kappa shape index (κ3) is 3.83. The van der Waals surface area contributed by atoms with Crippen molar-refractivity contribution in [3.63, 3.8) is 0 Å². The summed E-state index contributed by atoms with van der Waals surface area (Å²) in [4.78, 5) is 11.8. The van der Waals surface area contributed by atoms with Gasteiger partial charge in [0.05, 0.1) is 0 Å². The normalized spacial score (nSPS) is 18.5. The lowest BCUT2D eigenvalue weighted by Gasteiger charge is -2.03. The van der Waals surface area contributed by atoms with Crippen LogP contribution in [-0.4, -0.2) is 5.78 Å². The standard InChI is InChI=1S/C16H26O/c1-4-7-8-9-10-11-13-12-16(17)15(6-3)14(13)5-2/h11H,4-10,12H2,1-3H3/b13-11-. The zero-order valence-corrected chi connectivity index (χ0v) is 11.6. The van der Waals surface area contributed by atoms with Crippen molar-refractivity contribution in [1.29, 1.82) is 0 Å². The maximum absolute atomic E-state index is 11.8. The monoisotopic (exact) mass is 234 g/mol. The second-order valence-electron chi connectivity index (χ2n) is 4.84. The molecule has 0 radical (unpaired) electrons. The SMILES string of the molecule is CCCCCC/C=C1/CC(=O)C(CC)=C1CC. The fourth-order valence-electron chi connectivity index (χ4n) is 2.64. The molecule has 0 aromatic carbocycles. The van der Waals surface area contributed by atoms with Gasteiger partial charge in [0.2, 0.25) is 0 Å². The summed E-state index contributed by atoms with van der Waals surface area (Å²) in [5.41, 5.74) is 3.76. The van der Waals surface area contributed by atoms with Gasteiger partial charge < -0.3 is 0 Å². The first-order chi connectivity index (χ1) is 8.24. The maximum Gasteiger partial charge on any atom is 0.163 e. The van der Waals surface area contributed by atoms with E-state index >= 15 is 0 Å². The maximum atomic E-state index is 11.8. The van der Waals surface area contributed by atoms with Crippen molar-refractivity contribution < 1.29 is 4.79 Å². The van der Waals surface area contributed by atoms with Crippen LogP contribution in [0.15, 0.2) is 22.8 Å². The Hall–Kier alpha value is -0.850. The minimum atomic E-state index is 0.365. The Morgan fingerprint density at radius 1 is 1.00 bits per heavy atom. The second kappa shape index (κ2) is 7.47. The number of rotatable bonds is 7. The van der Waals surface area contributed by atoms with Crippen LogP contribution >= 0.6 is 0 Å². The molecule has 0 aliphatic heterocycles. The number of unbranched alkanes of at least 4 members (excludes halogenated alkanes) is 4. The van der Waals surface area contributed by atoms with Gasteiger partial charge >= 0.3 is 0 Å². The quantitative estimate of drug-likeness (QED) is 0.568. The lowest BCUT2D eigenvalue weighted by atomic mass is 10.0. The van der Waals surface area contributed by atoms with E-state index in [1.807, 2.05) is 0 Å². The predicted molar refractivity (Wildman–Crippen MR) is 74.1 cm³/mol. The van der Waals surface area contributed by atoms with Crippen LogP contribution in [0.25, 0.3) is 0 Å². The van der Waals surface area contributed by atoms with Gasteiger partial charge in [-0.15, -0.1) is 0 Å². The van der Waals surface area contributed by atoms with E-state index in [0.717, 1.165) is 24.8 Å². The molecule has 0 bridgehead atoms. The summed E-state index contributed by atoms with van der Waals surface area (Å²) < 4.78 is 0. The number of carbonyl (C=O) groups excluding carboxylic acids is 1. The minimum absolute atomic E-state index is 0.365. The Kier molecular flexibility index (Phi) is 6.25. The molecule has 1 heteroatoms. The highest BCUT2D eigenvalue weighted by Crippen LogP contribution is 2.33. The highest BCUT2D eigenvalue weighted by atomic mass is 16.1. The van der Waals surface area contributed by atoms with E-state index in [-0.39, 0.29) is 0 Å². The van der Waals surface area contributed by atoms with Gasteiger partial charge in [-0.3, -0.25) is 4.79 Å². The molecule has 1 aliphatic carbocycles. The summed E-state index contributed by atoms with van der Waals surface area (Å²) in [6.45, 7) is 6.49. The summed E-state index contributed by atoms with van der Waals surface area (Å²) in [5.74, 6) is 0.365. The molecule has 1 aliphatic rings. The van der Waals surface area contributed by atoms with Gasteiger partial charge in [0.25, 0.3) is 0 Å². The van der Waals surface area contributed by atoms with Crippen molar-refractivity contribution in [2.75, 3.05) is 0 Å². The first-order valence-corrected chi connectivity index (χ1v) is 7.19. The molecule has 0 spiro atoms. The van der Waals surface area contributed by atoms with E-state index in [2.05, 4.69) is 26.8 Å². The predicted octanol–water partition coefficient (Wildman–Crippen LogP) is 4.97. The first-order valence-electron chi connectivity index (χ1n) is 7.19. The third-order valence-electron chi connectivity index (χ3n) is 3.60. The van der Waals surface area contributed by atoms with E-state index in [9.17, 15) is 4.79 Å². The van der Waals surface area contributed by atoms with Gasteiger partial charge in [-0.05, 0) is 42.4 Å². The number of ketones is 1. The van der Waals surface area contributed by atoms with Crippen LogP contribution < -0.4 is 0 Å². The molecule has 96 valence electrons. The largest absolute Gasteiger partial charge is 0.294 e. The number of hydrogen-bond acceptors (Lipinski definition) is 1. The summed E-state index contributed by atoms with van der Waals surface area (Å²) in [5, 5.41) is 0. The Morgan fingerprint density at radius 2 is 1.71 bits per heavy atom. The van der Waals surface area contributed by atoms with Crippen LogP contribution in [0.1, 0.15) is 72.1 Å². The Labute approximate surface area is 106 Å². The molecule has 1 rings (SSSR count). The number of hydrogen-bond donors (Lipinski definition) is 0. The zero-order valence-electron chi connectivity index (χ0n) is 11.6. The number of allylic oxidation sites excluding steroid dienone is 4. The van der Waals surface area contributed by atoms with Crippen LogP contribution in [0.4, 0.5) is 0 Å². The van der Waals surface area contributed by atoms with Crippen LogP contribution in [0, 0.1) is 0 Å². The molecule has 17 heavy (non-hydrogen) atoms. The van der Waals surface area contributed by atoms with E-state index in [4.69, 9.17) is 0 Å². The van der Waals surface area contributed by atoms with Gasteiger partial charge in [0.15, 0.2) is 5.78 Å². The molecule has 0 atom stereocenters. The number of Topliss-reactive ketones (excluding diaryl/α,β-unsaturated/α-hetero) is 1. The molecular formula is C16H26O. The highest BCUT2D eigenvalue weighted by molar-refractivity contribution is 6.02. The van der Waals surface area contributed by atoms with E-state index in [1.54, 1.807) is 0 Å². The molecule has 0 heterocycles. The van der Waals surface area contributed by atoms with Crippen LogP contribution in [0.3, 0.4) is 0 Å². The Balaban J connectivity index is 2.57. The smallest absolute Gasteiger partial charge is 0.163 e. The summed E-state index contributed by atoms with van der Waals surface area (Å²) in [7, 11) is 0. The Morgan fingerprint density at radius 3 is 2.29 bits per heavy atom. The molecule has 0 fully saturated rings. The molecule has 0 unspecified atom stereocenters. The Bertz CT molecular complexity index is 320. The van der Waals surface area contributed by atoms with Crippen molar-refractivity contribution in [2.45, 2.75) is 72.1 Å². The molecule has 1 nitrogen and oxygen atoms in total. The molecule has 0 aromatic heterocycles. The molecule has 0 saturated carbocycles. The summed E-state index contributed by atoms with van der Waals surface area (Å²) >= 11 is 0. The van der Waals surface area contributed by atoms with Gasteiger partial charge in [0.1, 0.15) is 0 Å². The van der Waals surface area contributed by atoms with Crippen molar-refractivity contribution in [3.05, 3.63) is 22.8 Å². The average Bonchev–Trinajstić information content (AvgIpc) is 2.64. The lowest BCUT2D eigenvalue weighted by Crippen LogP contribution is -1.93. The summed E-state index contributed by atoms with van der Waals surface area (Å²) in [6, 6.07) is 0. The van der Waals surface area contributed by atoms with Crippen molar-refractivity contribution in [1.82, 2.24) is 0 Å². The topological polar surface area (TPSA) is 17.1 Å².